The molecule has 6 heteroatoms. The van der Waals surface area contributed by atoms with Crippen LogP contribution < -0.4 is 5.32 Å². The molecule has 0 saturated carbocycles. The molecule has 1 aromatic carbocycles. The molecule has 24 heavy (non-hydrogen) atoms. The van der Waals surface area contributed by atoms with Gasteiger partial charge in [0.15, 0.2) is 0 Å². The van der Waals surface area contributed by atoms with E-state index in [1.807, 2.05) is 25.2 Å². The number of nitrogens with zero attached hydrogens (tertiary/aromatic N) is 2. The van der Waals surface area contributed by atoms with Crippen molar-refractivity contribution in [2.75, 3.05) is 46.9 Å². The molecule has 0 aromatic heterocycles. The van der Waals surface area contributed by atoms with Crippen molar-refractivity contribution in [1.82, 2.24) is 15.1 Å². The lowest BCUT2D eigenvalue weighted by molar-refractivity contribution is -0.121. The first-order chi connectivity index (χ1) is 11.5. The minimum absolute atomic E-state index is 0.00581. The lowest BCUT2D eigenvalue weighted by Crippen LogP contribution is -2.38. The molecule has 1 N–H and O–H groups in total. The standard InChI is InChI=1S/C18H25N3O3/c1-14-15-7-4-5-8-16(15)18(23)21(14)13-17(22)19-9-6-10-20(2)11-12-24-3/h4-5,7-8H,1,6,9-13H2,2-3H3,(H,19,22). The molecule has 0 saturated heterocycles. The number of ether oxygens (including phenoxy) is 1. The molecule has 1 heterocycles. The Labute approximate surface area is 143 Å². The molecule has 1 aliphatic heterocycles. The van der Waals surface area contributed by atoms with Crippen molar-refractivity contribution in [1.29, 1.82) is 0 Å². The van der Waals surface area contributed by atoms with Crippen molar-refractivity contribution in [2.45, 2.75) is 6.42 Å². The Morgan fingerprint density at radius 2 is 2.00 bits per heavy atom. The summed E-state index contributed by atoms with van der Waals surface area (Å²) in [6.07, 6.45) is 0.848. The fourth-order valence-corrected chi connectivity index (χ4v) is 2.64. The first-order valence-electron chi connectivity index (χ1n) is 8.09. The number of methoxy groups -OCH3 is 1. The van der Waals surface area contributed by atoms with Crippen LogP contribution in [0.2, 0.25) is 0 Å². The summed E-state index contributed by atoms with van der Waals surface area (Å²) < 4.78 is 5.02. The average molecular weight is 331 g/mol. The van der Waals surface area contributed by atoms with Gasteiger partial charge in [0.05, 0.1) is 6.61 Å². The van der Waals surface area contributed by atoms with Gasteiger partial charge in [-0.25, -0.2) is 0 Å². The molecule has 1 aliphatic rings. The Balaban J connectivity index is 1.74. The number of carbonyl (C=O) groups is 2. The molecule has 1 aromatic rings. The van der Waals surface area contributed by atoms with Gasteiger partial charge in [-0.1, -0.05) is 24.8 Å². The van der Waals surface area contributed by atoms with Crippen LogP contribution >= 0.6 is 0 Å². The monoisotopic (exact) mass is 331 g/mol. The summed E-state index contributed by atoms with van der Waals surface area (Å²) in [4.78, 5) is 28.0. The highest BCUT2D eigenvalue weighted by atomic mass is 16.5. The Hall–Kier alpha value is -2.18. The van der Waals surface area contributed by atoms with Crippen LogP contribution in [0.4, 0.5) is 0 Å². The van der Waals surface area contributed by atoms with Crippen LogP contribution in [-0.2, 0) is 9.53 Å². The molecule has 0 unspecified atom stereocenters. The second-order valence-electron chi connectivity index (χ2n) is 5.88. The number of hydrogen-bond donors (Lipinski definition) is 1. The zero-order chi connectivity index (χ0) is 17.5. The molecule has 2 rings (SSSR count). The van der Waals surface area contributed by atoms with Gasteiger partial charge >= 0.3 is 0 Å². The highest BCUT2D eigenvalue weighted by molar-refractivity contribution is 6.10. The summed E-state index contributed by atoms with van der Waals surface area (Å²) in [7, 11) is 3.70. The maximum absolute atomic E-state index is 12.3. The quantitative estimate of drug-likeness (QED) is 0.691. The van der Waals surface area contributed by atoms with Crippen LogP contribution in [0.1, 0.15) is 22.3 Å². The molecule has 6 nitrogen and oxygen atoms in total. The van der Waals surface area contributed by atoms with Crippen molar-refractivity contribution >= 4 is 17.5 Å². The van der Waals surface area contributed by atoms with Crippen molar-refractivity contribution in [3.05, 3.63) is 42.0 Å². The number of nitrogens with one attached hydrogen (secondary N) is 1. The van der Waals surface area contributed by atoms with Crippen LogP contribution in [0.15, 0.2) is 30.8 Å². The number of carbonyl (C=O) groups excluding carboxylic acids is 2. The van der Waals surface area contributed by atoms with Gasteiger partial charge < -0.3 is 15.0 Å². The molecule has 0 atom stereocenters. The van der Waals surface area contributed by atoms with E-state index in [2.05, 4.69) is 16.8 Å². The van der Waals surface area contributed by atoms with Crippen molar-refractivity contribution < 1.29 is 14.3 Å². The summed E-state index contributed by atoms with van der Waals surface area (Å²) in [6.45, 7) is 6.96. The van der Waals surface area contributed by atoms with Crippen molar-refractivity contribution in [3.8, 4) is 0 Å². The second-order valence-corrected chi connectivity index (χ2v) is 5.88. The third-order valence-corrected chi connectivity index (χ3v) is 4.06. The first-order valence-corrected chi connectivity index (χ1v) is 8.09. The maximum Gasteiger partial charge on any atom is 0.259 e. The van der Waals surface area contributed by atoms with E-state index in [4.69, 9.17) is 4.74 Å². The summed E-state index contributed by atoms with van der Waals surface area (Å²) in [5, 5.41) is 2.86. The van der Waals surface area contributed by atoms with Gasteiger partial charge in [-0.05, 0) is 26.1 Å². The predicted molar refractivity (Wildman–Crippen MR) is 93.5 cm³/mol. The van der Waals surface area contributed by atoms with E-state index in [-0.39, 0.29) is 18.4 Å². The molecular formula is C18H25N3O3. The zero-order valence-electron chi connectivity index (χ0n) is 14.4. The van der Waals surface area contributed by atoms with Gasteiger partial charge in [-0.15, -0.1) is 0 Å². The van der Waals surface area contributed by atoms with Crippen LogP contribution in [-0.4, -0.2) is 68.6 Å². The van der Waals surface area contributed by atoms with Gasteiger partial charge in [-0.3, -0.25) is 14.5 Å². The van der Waals surface area contributed by atoms with Gasteiger partial charge in [0.2, 0.25) is 5.91 Å². The molecule has 0 aliphatic carbocycles. The van der Waals surface area contributed by atoms with E-state index < -0.39 is 0 Å². The number of amides is 2. The fraction of sp³-hybridized carbons (Fsp3) is 0.444. The Morgan fingerprint density at radius 1 is 1.29 bits per heavy atom. The Bertz CT molecular complexity index is 580. The van der Waals surface area contributed by atoms with E-state index in [0.29, 0.717) is 24.4 Å². The van der Waals surface area contributed by atoms with E-state index in [9.17, 15) is 9.59 Å². The van der Waals surface area contributed by atoms with Crippen LogP contribution in [0.3, 0.4) is 0 Å². The van der Waals surface area contributed by atoms with Crippen molar-refractivity contribution in [2.24, 2.45) is 0 Å². The van der Waals surface area contributed by atoms with Gasteiger partial charge in [0, 0.05) is 37.0 Å². The third kappa shape index (κ3) is 4.43. The Kier molecular flexibility index (Phi) is 6.52. The second kappa shape index (κ2) is 8.61. The minimum Gasteiger partial charge on any atom is -0.383 e. The largest absolute Gasteiger partial charge is 0.383 e. The molecule has 0 fully saturated rings. The molecule has 0 radical (unpaired) electrons. The Morgan fingerprint density at radius 3 is 2.67 bits per heavy atom. The summed E-state index contributed by atoms with van der Waals surface area (Å²) in [5.74, 6) is -0.332. The highest BCUT2D eigenvalue weighted by Crippen LogP contribution is 2.30. The fourth-order valence-electron chi connectivity index (χ4n) is 2.64. The molecule has 2 amide bonds. The van der Waals surface area contributed by atoms with E-state index in [0.717, 1.165) is 25.1 Å². The lowest BCUT2D eigenvalue weighted by Gasteiger charge is -2.18. The van der Waals surface area contributed by atoms with Gasteiger partial charge in [0.1, 0.15) is 6.54 Å². The first kappa shape index (κ1) is 18.2. The normalized spacial score (nSPS) is 13.5. The van der Waals surface area contributed by atoms with Crippen LogP contribution in [0, 0.1) is 0 Å². The smallest absolute Gasteiger partial charge is 0.259 e. The molecular weight excluding hydrogens is 306 g/mol. The SMILES string of the molecule is C=C1c2ccccc2C(=O)N1CC(=O)NCCCN(C)CCOC. The van der Waals surface area contributed by atoms with E-state index in [1.165, 1.54) is 4.90 Å². The van der Waals surface area contributed by atoms with Crippen LogP contribution in [0.25, 0.3) is 5.70 Å². The van der Waals surface area contributed by atoms with Crippen LogP contribution in [0.5, 0.6) is 0 Å². The van der Waals surface area contributed by atoms with Crippen molar-refractivity contribution in [3.63, 3.8) is 0 Å². The number of fused-ring (bicyclic) bond motifs is 1. The summed E-state index contributed by atoms with van der Waals surface area (Å²) >= 11 is 0. The lowest BCUT2D eigenvalue weighted by atomic mass is 10.1. The van der Waals surface area contributed by atoms with E-state index >= 15 is 0 Å². The van der Waals surface area contributed by atoms with Gasteiger partial charge in [-0.2, -0.15) is 0 Å². The average Bonchev–Trinajstić information content (AvgIpc) is 2.82. The number of likely N-dealkylation sites (N-methyl/N-ethyl adjacent to an activating group) is 1. The summed E-state index contributed by atoms with van der Waals surface area (Å²) in [5.41, 5.74) is 2.00. The minimum atomic E-state index is -0.170. The number of hydrogen-bond acceptors (Lipinski definition) is 4. The van der Waals surface area contributed by atoms with E-state index in [1.54, 1.807) is 13.2 Å². The predicted octanol–water partition coefficient (Wildman–Crippen LogP) is 1.20. The zero-order valence-corrected chi connectivity index (χ0v) is 14.4. The third-order valence-electron chi connectivity index (χ3n) is 4.06. The molecule has 0 bridgehead atoms. The molecule has 130 valence electrons. The topological polar surface area (TPSA) is 61.9 Å². The maximum atomic E-state index is 12.3. The summed E-state index contributed by atoms with van der Waals surface area (Å²) in [6, 6.07) is 7.29. The van der Waals surface area contributed by atoms with Gasteiger partial charge in [0.25, 0.3) is 5.91 Å². The number of benzene rings is 1. The molecule has 0 spiro atoms. The highest BCUT2D eigenvalue weighted by Gasteiger charge is 2.31. The number of rotatable bonds is 9.